The minimum absolute atomic E-state index is 0.109. The van der Waals surface area contributed by atoms with E-state index in [0.29, 0.717) is 5.69 Å². The highest BCUT2D eigenvalue weighted by atomic mass is 35.5. The Balaban J connectivity index is 2.29. The molecule has 0 aliphatic carbocycles. The summed E-state index contributed by atoms with van der Waals surface area (Å²) in [5, 5.41) is 16.9. The smallest absolute Gasteiger partial charge is 0.310 e. The molecule has 0 fully saturated rings. The lowest BCUT2D eigenvalue weighted by atomic mass is 10.2. The highest BCUT2D eigenvalue weighted by molar-refractivity contribution is 7.09. The van der Waals surface area contributed by atoms with E-state index < -0.39 is 4.92 Å². The van der Waals surface area contributed by atoms with Gasteiger partial charge < -0.3 is 5.32 Å². The number of nitro benzene ring substituents is 1. The molecule has 18 heavy (non-hydrogen) atoms. The largest absolute Gasteiger partial charge is 0.370 e. The van der Waals surface area contributed by atoms with Gasteiger partial charge in [0.05, 0.1) is 11.0 Å². The van der Waals surface area contributed by atoms with Crippen LogP contribution in [0.3, 0.4) is 0 Å². The number of para-hydroxylation sites is 1. The summed E-state index contributed by atoms with van der Waals surface area (Å²) in [6.45, 7) is 1.89. The number of nitrogens with one attached hydrogen (secondary N) is 1. The number of nitrogens with zero attached hydrogens (tertiary/aromatic N) is 2. The predicted octanol–water partition coefficient (Wildman–Crippen LogP) is 3.88. The number of aromatic nitrogens is 1. The van der Waals surface area contributed by atoms with E-state index in [2.05, 4.69) is 10.3 Å². The van der Waals surface area contributed by atoms with Gasteiger partial charge in [-0.25, -0.2) is 4.98 Å². The Morgan fingerprint density at radius 1 is 1.56 bits per heavy atom. The van der Waals surface area contributed by atoms with Crippen LogP contribution in [0.25, 0.3) is 0 Å². The predicted molar refractivity (Wildman–Crippen MR) is 72.3 cm³/mol. The molecule has 2 aromatic rings. The zero-order chi connectivity index (χ0) is 13.1. The standard InChI is InChI=1S/C11H10ClN3O2S/c1-7(11-13-5-6-18-11)14-9-4-2-3-8(12)10(9)15(16)17/h2-7,14H,1H3. The van der Waals surface area contributed by atoms with Crippen LogP contribution in [0.2, 0.25) is 5.02 Å². The molecule has 0 saturated carbocycles. The highest BCUT2D eigenvalue weighted by Crippen LogP contribution is 2.34. The van der Waals surface area contributed by atoms with Crippen molar-refractivity contribution in [2.75, 3.05) is 5.32 Å². The van der Waals surface area contributed by atoms with Crippen molar-refractivity contribution in [3.05, 3.63) is 49.9 Å². The zero-order valence-corrected chi connectivity index (χ0v) is 11.0. The van der Waals surface area contributed by atoms with Crippen LogP contribution in [0, 0.1) is 10.1 Å². The second-order valence-corrected chi connectivity index (χ2v) is 4.96. The van der Waals surface area contributed by atoms with Crippen LogP contribution >= 0.6 is 22.9 Å². The van der Waals surface area contributed by atoms with Crippen molar-refractivity contribution in [2.24, 2.45) is 0 Å². The topological polar surface area (TPSA) is 68.1 Å². The van der Waals surface area contributed by atoms with Crippen LogP contribution in [0.5, 0.6) is 0 Å². The molecule has 0 spiro atoms. The Morgan fingerprint density at radius 2 is 2.33 bits per heavy atom. The molecule has 0 amide bonds. The molecule has 1 aromatic heterocycles. The van der Waals surface area contributed by atoms with Gasteiger partial charge in [-0.2, -0.15) is 0 Å². The van der Waals surface area contributed by atoms with Gasteiger partial charge >= 0.3 is 5.69 Å². The average molecular weight is 284 g/mol. The van der Waals surface area contributed by atoms with Crippen LogP contribution in [0.1, 0.15) is 18.0 Å². The molecule has 1 N–H and O–H groups in total. The second kappa shape index (κ2) is 5.32. The Bertz CT molecular complexity index is 559. The van der Waals surface area contributed by atoms with E-state index >= 15 is 0 Å². The van der Waals surface area contributed by atoms with Crippen molar-refractivity contribution in [1.82, 2.24) is 4.98 Å². The fourth-order valence-electron chi connectivity index (χ4n) is 1.56. The van der Waals surface area contributed by atoms with E-state index in [4.69, 9.17) is 11.6 Å². The second-order valence-electron chi connectivity index (χ2n) is 3.63. The monoisotopic (exact) mass is 283 g/mol. The lowest BCUT2D eigenvalue weighted by Crippen LogP contribution is -2.08. The summed E-state index contributed by atoms with van der Waals surface area (Å²) >= 11 is 7.33. The molecule has 1 aromatic carbocycles. The first kappa shape index (κ1) is 12.8. The number of thiazole rings is 1. The molecule has 1 heterocycles. The third kappa shape index (κ3) is 2.60. The molecule has 0 radical (unpaired) electrons. The van der Waals surface area contributed by atoms with Gasteiger partial charge in [0, 0.05) is 11.6 Å². The first-order valence-electron chi connectivity index (χ1n) is 5.18. The number of hydrogen-bond donors (Lipinski definition) is 1. The maximum Gasteiger partial charge on any atom is 0.310 e. The molecular formula is C11H10ClN3O2S. The fourth-order valence-corrected chi connectivity index (χ4v) is 2.45. The highest BCUT2D eigenvalue weighted by Gasteiger charge is 2.20. The first-order chi connectivity index (χ1) is 8.59. The molecule has 0 bridgehead atoms. The van der Waals surface area contributed by atoms with Gasteiger partial charge in [0.25, 0.3) is 0 Å². The quantitative estimate of drug-likeness (QED) is 0.683. The molecule has 0 aliphatic rings. The molecule has 0 saturated heterocycles. The summed E-state index contributed by atoms with van der Waals surface area (Å²) in [5.41, 5.74) is 0.290. The number of benzene rings is 1. The Hall–Kier alpha value is -1.66. The van der Waals surface area contributed by atoms with Crippen LogP contribution in [-0.2, 0) is 0 Å². The van der Waals surface area contributed by atoms with Gasteiger partial charge in [-0.1, -0.05) is 17.7 Å². The summed E-state index contributed by atoms with van der Waals surface area (Å²) in [6, 6.07) is 4.70. The van der Waals surface area contributed by atoms with E-state index in [9.17, 15) is 10.1 Å². The van der Waals surface area contributed by atoms with Crippen LogP contribution in [0.4, 0.5) is 11.4 Å². The summed E-state index contributed by atoms with van der Waals surface area (Å²) in [5.74, 6) is 0. The van der Waals surface area contributed by atoms with Crippen molar-refractivity contribution in [1.29, 1.82) is 0 Å². The summed E-state index contributed by atoms with van der Waals surface area (Å²) < 4.78 is 0. The Morgan fingerprint density at radius 3 is 2.94 bits per heavy atom. The molecular weight excluding hydrogens is 274 g/mol. The van der Waals surface area contributed by atoms with Crippen LogP contribution in [-0.4, -0.2) is 9.91 Å². The SMILES string of the molecule is CC(Nc1cccc(Cl)c1[N+](=O)[O-])c1nccs1. The lowest BCUT2D eigenvalue weighted by Gasteiger charge is -2.13. The van der Waals surface area contributed by atoms with Crippen molar-refractivity contribution in [3.8, 4) is 0 Å². The average Bonchev–Trinajstić information content (AvgIpc) is 2.81. The van der Waals surface area contributed by atoms with Crippen molar-refractivity contribution < 1.29 is 4.92 Å². The van der Waals surface area contributed by atoms with Crippen molar-refractivity contribution in [2.45, 2.75) is 13.0 Å². The fraction of sp³-hybridized carbons (Fsp3) is 0.182. The zero-order valence-electron chi connectivity index (χ0n) is 9.46. The van der Waals surface area contributed by atoms with Gasteiger partial charge in [-0.05, 0) is 19.1 Å². The summed E-state index contributed by atoms with van der Waals surface area (Å²) in [7, 11) is 0. The minimum atomic E-state index is -0.487. The molecule has 5 nitrogen and oxygen atoms in total. The van der Waals surface area contributed by atoms with Crippen molar-refractivity contribution >= 4 is 34.3 Å². The summed E-state index contributed by atoms with van der Waals surface area (Å²) in [6.07, 6.45) is 1.70. The third-order valence-corrected chi connectivity index (χ3v) is 3.63. The maximum atomic E-state index is 11.0. The van der Waals surface area contributed by atoms with E-state index in [1.807, 2.05) is 12.3 Å². The Kier molecular flexibility index (Phi) is 3.78. The van der Waals surface area contributed by atoms with Gasteiger partial charge in [0.2, 0.25) is 0 Å². The Labute approximate surface area is 113 Å². The molecule has 0 aliphatic heterocycles. The molecule has 94 valence electrons. The lowest BCUT2D eigenvalue weighted by molar-refractivity contribution is -0.383. The first-order valence-corrected chi connectivity index (χ1v) is 6.44. The van der Waals surface area contributed by atoms with E-state index in [0.717, 1.165) is 5.01 Å². The van der Waals surface area contributed by atoms with E-state index in [-0.39, 0.29) is 16.8 Å². The van der Waals surface area contributed by atoms with E-state index in [1.54, 1.807) is 18.3 Å². The maximum absolute atomic E-state index is 11.0. The van der Waals surface area contributed by atoms with Crippen LogP contribution < -0.4 is 5.32 Å². The summed E-state index contributed by atoms with van der Waals surface area (Å²) in [4.78, 5) is 14.7. The molecule has 1 unspecified atom stereocenters. The number of rotatable bonds is 4. The van der Waals surface area contributed by atoms with E-state index in [1.165, 1.54) is 17.4 Å². The minimum Gasteiger partial charge on any atom is -0.370 e. The van der Waals surface area contributed by atoms with Gasteiger partial charge in [0.15, 0.2) is 0 Å². The van der Waals surface area contributed by atoms with Gasteiger partial charge in [-0.15, -0.1) is 11.3 Å². The number of hydrogen-bond acceptors (Lipinski definition) is 5. The van der Waals surface area contributed by atoms with Crippen molar-refractivity contribution in [3.63, 3.8) is 0 Å². The number of nitro groups is 1. The van der Waals surface area contributed by atoms with Gasteiger partial charge in [-0.3, -0.25) is 10.1 Å². The number of anilines is 1. The van der Waals surface area contributed by atoms with Gasteiger partial charge in [0.1, 0.15) is 15.7 Å². The molecule has 7 heteroatoms. The molecule has 1 atom stereocenters. The third-order valence-electron chi connectivity index (χ3n) is 2.36. The molecule has 2 rings (SSSR count). The normalized spacial score (nSPS) is 12.1. The van der Waals surface area contributed by atoms with Crippen LogP contribution in [0.15, 0.2) is 29.8 Å². The number of halogens is 1.